The highest BCUT2D eigenvalue weighted by molar-refractivity contribution is 6.78. The lowest BCUT2D eigenvalue weighted by Crippen LogP contribution is -2.56. The van der Waals surface area contributed by atoms with Crippen molar-refractivity contribution in [3.8, 4) is 0 Å². The van der Waals surface area contributed by atoms with E-state index >= 15 is 0 Å². The Labute approximate surface area is 64.8 Å². The van der Waals surface area contributed by atoms with E-state index in [1.165, 1.54) is 0 Å². The van der Waals surface area contributed by atoms with E-state index in [1.54, 1.807) is 6.07 Å². The van der Waals surface area contributed by atoms with Crippen molar-refractivity contribution in [1.29, 1.82) is 0 Å². The molecule has 2 rings (SSSR count). The summed E-state index contributed by atoms with van der Waals surface area (Å²) in [5.74, 6) is 0. The van der Waals surface area contributed by atoms with Crippen LogP contribution in [0.2, 0.25) is 0 Å². The minimum Gasteiger partial charge on any atom is -0.566 e. The highest BCUT2D eigenvalue weighted by Gasteiger charge is 2.28. The molecule has 1 unspecified atom stereocenters. The zero-order valence-corrected chi connectivity index (χ0v) is 6.03. The molecular formula is C7H9BNO2-. The van der Waals surface area contributed by atoms with E-state index in [-0.39, 0.29) is 0 Å². The summed E-state index contributed by atoms with van der Waals surface area (Å²) in [5, 5.41) is 9.46. The van der Waals surface area contributed by atoms with Crippen LogP contribution in [0.15, 0.2) is 24.3 Å². The molecule has 0 aromatic heterocycles. The average molecular weight is 150 g/mol. The van der Waals surface area contributed by atoms with Gasteiger partial charge in [-0.3, -0.25) is 0 Å². The van der Waals surface area contributed by atoms with Crippen LogP contribution in [0.4, 0.5) is 0 Å². The van der Waals surface area contributed by atoms with Crippen LogP contribution in [0.3, 0.4) is 0 Å². The summed E-state index contributed by atoms with van der Waals surface area (Å²) in [6.07, 6.45) is 0. The molecule has 0 saturated heterocycles. The van der Waals surface area contributed by atoms with Crippen LogP contribution in [-0.4, -0.2) is 11.7 Å². The third kappa shape index (κ3) is 0.958. The van der Waals surface area contributed by atoms with E-state index in [9.17, 15) is 5.02 Å². The first-order valence-corrected chi connectivity index (χ1v) is 3.59. The molecule has 0 radical (unpaired) electrons. The van der Waals surface area contributed by atoms with Crippen molar-refractivity contribution in [2.45, 2.75) is 6.61 Å². The summed E-state index contributed by atoms with van der Waals surface area (Å²) in [6.45, 7) is -1.78. The van der Waals surface area contributed by atoms with Gasteiger partial charge in [0.25, 0.3) is 0 Å². The maximum Gasteiger partial charge on any atom is 0.340 e. The molecule has 3 nitrogen and oxygen atoms in total. The molecule has 3 N–H and O–H groups in total. The van der Waals surface area contributed by atoms with Gasteiger partial charge in [-0.05, 0) is 0 Å². The molecule has 0 fully saturated rings. The Morgan fingerprint density at radius 3 is 2.91 bits per heavy atom. The van der Waals surface area contributed by atoms with Crippen molar-refractivity contribution in [3.05, 3.63) is 29.8 Å². The Kier molecular flexibility index (Phi) is 1.29. The summed E-state index contributed by atoms with van der Waals surface area (Å²) in [6, 6.07) is 7.44. The third-order valence-corrected chi connectivity index (χ3v) is 1.99. The quantitative estimate of drug-likeness (QED) is 0.481. The Bertz CT molecular complexity index is 288. The molecule has 0 aliphatic carbocycles. The maximum atomic E-state index is 9.46. The molecule has 1 aromatic carbocycles. The first kappa shape index (κ1) is 6.85. The van der Waals surface area contributed by atoms with Crippen LogP contribution in [0.5, 0.6) is 0 Å². The van der Waals surface area contributed by atoms with Gasteiger partial charge in [0.1, 0.15) is 0 Å². The minimum absolute atomic E-state index is 0.420. The molecule has 11 heavy (non-hydrogen) atoms. The van der Waals surface area contributed by atoms with Crippen molar-refractivity contribution in [3.63, 3.8) is 0 Å². The standard InChI is InChI=1S/C7H9BNO2/c9-8(10)7-4-2-1-3-6(7)5-11-8/h1-4,10H,5,9H2/q-1. The highest BCUT2D eigenvalue weighted by Crippen LogP contribution is 2.12. The minimum atomic E-state index is -2.20. The summed E-state index contributed by atoms with van der Waals surface area (Å²) in [5.41, 5.74) is 7.20. The Morgan fingerprint density at radius 2 is 2.18 bits per heavy atom. The molecule has 0 spiro atoms. The zero-order chi connectivity index (χ0) is 7.90. The van der Waals surface area contributed by atoms with Crippen LogP contribution >= 0.6 is 0 Å². The van der Waals surface area contributed by atoms with Gasteiger partial charge >= 0.3 is 6.69 Å². The van der Waals surface area contributed by atoms with Crippen LogP contribution in [0.25, 0.3) is 0 Å². The van der Waals surface area contributed by atoms with Crippen molar-refractivity contribution in [1.82, 2.24) is 0 Å². The van der Waals surface area contributed by atoms with E-state index in [0.717, 1.165) is 11.0 Å². The lowest BCUT2D eigenvalue weighted by molar-refractivity contribution is 0.248. The number of rotatable bonds is 0. The fourth-order valence-corrected chi connectivity index (χ4v) is 1.38. The fourth-order valence-electron chi connectivity index (χ4n) is 1.38. The lowest BCUT2D eigenvalue weighted by Gasteiger charge is -2.23. The van der Waals surface area contributed by atoms with Gasteiger partial charge in [0, 0.05) is 6.61 Å². The van der Waals surface area contributed by atoms with Gasteiger partial charge in [0.15, 0.2) is 0 Å². The molecule has 58 valence electrons. The summed E-state index contributed by atoms with van der Waals surface area (Å²) in [4.78, 5) is 0. The van der Waals surface area contributed by atoms with Gasteiger partial charge < -0.3 is 15.3 Å². The van der Waals surface area contributed by atoms with E-state index in [1.807, 2.05) is 18.2 Å². The van der Waals surface area contributed by atoms with Crippen molar-refractivity contribution in [2.75, 3.05) is 0 Å². The molecular weight excluding hydrogens is 141 g/mol. The maximum absolute atomic E-state index is 9.46. The third-order valence-electron chi connectivity index (χ3n) is 1.99. The van der Waals surface area contributed by atoms with Crippen LogP contribution < -0.4 is 11.1 Å². The van der Waals surface area contributed by atoms with E-state index in [4.69, 9.17) is 10.3 Å². The molecule has 1 aliphatic heterocycles. The van der Waals surface area contributed by atoms with E-state index < -0.39 is 6.69 Å². The predicted octanol–water partition coefficient (Wildman–Crippen LogP) is -0.686. The number of benzene rings is 1. The first-order chi connectivity index (χ1) is 5.20. The van der Waals surface area contributed by atoms with Crippen molar-refractivity contribution >= 4 is 12.1 Å². The highest BCUT2D eigenvalue weighted by atomic mass is 16.5. The largest absolute Gasteiger partial charge is 0.566 e. The number of nitrogens with two attached hydrogens (primary N) is 1. The number of hydrogen-bond acceptors (Lipinski definition) is 3. The Hall–Kier alpha value is -0.835. The molecule has 0 bridgehead atoms. The second-order valence-electron chi connectivity index (χ2n) is 2.81. The monoisotopic (exact) mass is 150 g/mol. The van der Waals surface area contributed by atoms with Gasteiger partial charge in [0.2, 0.25) is 0 Å². The summed E-state index contributed by atoms with van der Waals surface area (Å²) < 4.78 is 5.01. The Morgan fingerprint density at radius 1 is 1.45 bits per heavy atom. The fraction of sp³-hybridized carbons (Fsp3) is 0.143. The van der Waals surface area contributed by atoms with Gasteiger partial charge in [-0.2, -0.15) is 0 Å². The molecule has 0 saturated carbocycles. The average Bonchev–Trinajstić information content (AvgIpc) is 2.29. The second-order valence-corrected chi connectivity index (χ2v) is 2.81. The van der Waals surface area contributed by atoms with Crippen LogP contribution in [0, 0.1) is 0 Å². The number of fused-ring (bicyclic) bond motifs is 1. The van der Waals surface area contributed by atoms with Gasteiger partial charge in [0.05, 0.1) is 0 Å². The molecule has 0 amide bonds. The molecule has 1 atom stereocenters. The van der Waals surface area contributed by atoms with Gasteiger partial charge in [-0.1, -0.05) is 29.8 Å². The van der Waals surface area contributed by atoms with Crippen molar-refractivity contribution < 1.29 is 9.68 Å². The normalized spacial score (nSPS) is 28.5. The topological polar surface area (TPSA) is 55.5 Å². The molecule has 1 aromatic rings. The first-order valence-electron chi connectivity index (χ1n) is 3.59. The Balaban J connectivity index is 2.56. The van der Waals surface area contributed by atoms with E-state index in [2.05, 4.69) is 0 Å². The summed E-state index contributed by atoms with van der Waals surface area (Å²) in [7, 11) is 0. The zero-order valence-electron chi connectivity index (χ0n) is 6.03. The molecule has 4 heteroatoms. The van der Waals surface area contributed by atoms with Gasteiger partial charge in [-0.25, -0.2) is 0 Å². The van der Waals surface area contributed by atoms with Crippen molar-refractivity contribution in [2.24, 2.45) is 5.64 Å². The smallest absolute Gasteiger partial charge is 0.340 e. The molecule has 1 aliphatic rings. The second kappa shape index (κ2) is 2.07. The lowest BCUT2D eigenvalue weighted by atomic mass is 9.66. The predicted molar refractivity (Wildman–Crippen MR) is 43.0 cm³/mol. The van der Waals surface area contributed by atoms with Gasteiger partial charge in [-0.15, -0.1) is 5.46 Å². The number of hydrogen-bond donors (Lipinski definition) is 2. The summed E-state index contributed by atoms with van der Waals surface area (Å²) >= 11 is 0. The SMILES string of the molecule is N[B-]1(O)OCc2ccccc21. The van der Waals surface area contributed by atoms with E-state index in [0.29, 0.717) is 6.61 Å². The van der Waals surface area contributed by atoms with Crippen LogP contribution in [-0.2, 0) is 11.3 Å². The molecule has 1 heterocycles. The van der Waals surface area contributed by atoms with Crippen LogP contribution in [0.1, 0.15) is 5.56 Å².